The topological polar surface area (TPSA) is 109 Å². The molecule has 1 saturated heterocycles. The number of carbonyl (C=O) groups excluding carboxylic acids is 1. The lowest BCUT2D eigenvalue weighted by Gasteiger charge is -2.30. The number of rotatable bonds is 4. The van der Waals surface area contributed by atoms with Crippen LogP contribution in [0.25, 0.3) is 0 Å². The van der Waals surface area contributed by atoms with Gasteiger partial charge in [-0.3, -0.25) is 4.79 Å². The number of nitrogens with zero attached hydrogens (tertiary/aromatic N) is 2. The second kappa shape index (κ2) is 8.02. The number of hydrogen-bond donors (Lipinski definition) is 1. The summed E-state index contributed by atoms with van der Waals surface area (Å²) in [4.78, 5) is 12.7. The highest BCUT2D eigenvalue weighted by Crippen LogP contribution is 2.34. The van der Waals surface area contributed by atoms with Crippen molar-refractivity contribution in [2.45, 2.75) is 17.7 Å². The van der Waals surface area contributed by atoms with E-state index in [0.717, 1.165) is 0 Å². The maximum Gasteiger partial charge on any atom is 0.243 e. The van der Waals surface area contributed by atoms with Gasteiger partial charge in [-0.05, 0) is 36.4 Å². The summed E-state index contributed by atoms with van der Waals surface area (Å²) in [5, 5.41) is 14.1. The monoisotopic (exact) mass is 433 g/mol. The number of carbonyl (C=O) groups is 1. The first-order valence-corrected chi connectivity index (χ1v) is 11.5. The van der Waals surface area contributed by atoms with E-state index in [0.29, 0.717) is 48.1 Å². The molecule has 1 N–H and O–H groups in total. The Morgan fingerprint density at radius 1 is 1.17 bits per heavy atom. The molecule has 2 aromatic rings. The SMILES string of the molecule is N#Cc1ccsc1NC(=O)C1CCN(S(=O)(=O)c2ccc3c(c2)OCCO3)CC1. The van der Waals surface area contributed by atoms with Gasteiger partial charge in [-0.15, -0.1) is 11.3 Å². The number of sulfonamides is 1. The summed E-state index contributed by atoms with van der Waals surface area (Å²) in [7, 11) is -3.68. The zero-order valence-electron chi connectivity index (χ0n) is 15.5. The van der Waals surface area contributed by atoms with Crippen LogP contribution >= 0.6 is 11.3 Å². The summed E-state index contributed by atoms with van der Waals surface area (Å²) in [6, 6.07) is 8.31. The van der Waals surface area contributed by atoms with E-state index in [1.54, 1.807) is 17.5 Å². The molecule has 1 fully saturated rings. The van der Waals surface area contributed by atoms with Crippen molar-refractivity contribution in [3.63, 3.8) is 0 Å². The van der Waals surface area contributed by atoms with Crippen LogP contribution in [-0.2, 0) is 14.8 Å². The summed E-state index contributed by atoms with van der Waals surface area (Å²) in [6.07, 6.45) is 0.839. The molecular formula is C19H19N3O5S2. The molecular weight excluding hydrogens is 414 g/mol. The minimum atomic E-state index is -3.68. The number of benzene rings is 1. The number of amides is 1. The number of nitrogens with one attached hydrogen (secondary N) is 1. The van der Waals surface area contributed by atoms with Crippen LogP contribution in [0.5, 0.6) is 11.5 Å². The van der Waals surface area contributed by atoms with Gasteiger partial charge in [0.05, 0.1) is 10.5 Å². The minimum absolute atomic E-state index is 0.155. The number of anilines is 1. The molecule has 0 radical (unpaired) electrons. The van der Waals surface area contributed by atoms with Crippen LogP contribution in [0.15, 0.2) is 34.5 Å². The quantitative estimate of drug-likeness (QED) is 0.793. The van der Waals surface area contributed by atoms with E-state index >= 15 is 0 Å². The van der Waals surface area contributed by atoms with Gasteiger partial charge in [0.25, 0.3) is 0 Å². The molecule has 152 valence electrons. The van der Waals surface area contributed by atoms with Crippen molar-refractivity contribution in [3.8, 4) is 17.6 Å². The molecule has 10 heteroatoms. The fraction of sp³-hybridized carbons (Fsp3) is 0.368. The number of piperidine rings is 1. The lowest BCUT2D eigenvalue weighted by atomic mass is 9.97. The molecule has 2 aliphatic rings. The standard InChI is InChI=1S/C19H19N3O5S2/c20-12-14-5-10-28-19(14)21-18(23)13-3-6-22(7-4-13)29(24,25)15-1-2-16-17(11-15)27-9-8-26-16/h1-2,5,10-11,13H,3-4,6-9H2,(H,21,23). The minimum Gasteiger partial charge on any atom is -0.486 e. The third kappa shape index (κ3) is 3.94. The molecule has 0 saturated carbocycles. The van der Waals surface area contributed by atoms with E-state index in [-0.39, 0.29) is 29.8 Å². The summed E-state index contributed by atoms with van der Waals surface area (Å²) in [6.45, 7) is 1.33. The molecule has 1 amide bonds. The molecule has 0 unspecified atom stereocenters. The second-order valence-electron chi connectivity index (χ2n) is 6.75. The Hall–Kier alpha value is -2.61. The highest BCUT2D eigenvalue weighted by atomic mass is 32.2. The van der Waals surface area contributed by atoms with Gasteiger partial charge >= 0.3 is 0 Å². The predicted molar refractivity (Wildman–Crippen MR) is 107 cm³/mol. The summed E-state index contributed by atoms with van der Waals surface area (Å²) >= 11 is 1.30. The number of thiophene rings is 1. The average Bonchev–Trinajstić information content (AvgIpc) is 3.20. The molecule has 8 nitrogen and oxygen atoms in total. The molecule has 0 bridgehead atoms. The number of nitriles is 1. The molecule has 0 aliphatic carbocycles. The van der Waals surface area contributed by atoms with Crippen LogP contribution in [0.3, 0.4) is 0 Å². The zero-order valence-corrected chi connectivity index (χ0v) is 17.1. The lowest BCUT2D eigenvalue weighted by Crippen LogP contribution is -2.41. The highest BCUT2D eigenvalue weighted by molar-refractivity contribution is 7.89. The van der Waals surface area contributed by atoms with Crippen molar-refractivity contribution in [2.75, 3.05) is 31.6 Å². The molecule has 2 aliphatic heterocycles. The summed E-state index contributed by atoms with van der Waals surface area (Å²) in [5.74, 6) is 0.488. The molecule has 3 heterocycles. The Morgan fingerprint density at radius 3 is 2.62 bits per heavy atom. The van der Waals surface area contributed by atoms with Gasteiger partial charge in [-0.25, -0.2) is 8.42 Å². The van der Waals surface area contributed by atoms with Crippen LogP contribution in [0.1, 0.15) is 18.4 Å². The van der Waals surface area contributed by atoms with Gasteiger partial charge in [-0.1, -0.05) is 0 Å². The largest absolute Gasteiger partial charge is 0.486 e. The van der Waals surface area contributed by atoms with Crippen molar-refractivity contribution in [1.82, 2.24) is 4.31 Å². The second-order valence-corrected chi connectivity index (χ2v) is 9.60. The molecule has 1 aromatic carbocycles. The Kier molecular flexibility index (Phi) is 5.45. The van der Waals surface area contributed by atoms with Crippen LogP contribution in [0, 0.1) is 17.2 Å². The van der Waals surface area contributed by atoms with Crippen LogP contribution in [0.2, 0.25) is 0 Å². The average molecular weight is 434 g/mol. The smallest absolute Gasteiger partial charge is 0.243 e. The summed E-state index contributed by atoms with van der Waals surface area (Å²) < 4.78 is 38.3. The highest BCUT2D eigenvalue weighted by Gasteiger charge is 2.33. The Balaban J connectivity index is 1.41. The van der Waals surface area contributed by atoms with Gasteiger partial charge in [0, 0.05) is 25.1 Å². The first kappa shape index (κ1) is 19.7. The normalized spacial score (nSPS) is 17.5. The van der Waals surface area contributed by atoms with E-state index < -0.39 is 10.0 Å². The van der Waals surface area contributed by atoms with Crippen molar-refractivity contribution >= 4 is 32.3 Å². The van der Waals surface area contributed by atoms with Gasteiger partial charge in [0.2, 0.25) is 15.9 Å². The molecule has 29 heavy (non-hydrogen) atoms. The third-order valence-electron chi connectivity index (χ3n) is 5.00. The van der Waals surface area contributed by atoms with Gasteiger partial charge in [0.1, 0.15) is 24.3 Å². The molecule has 0 atom stereocenters. The maximum atomic E-state index is 13.0. The van der Waals surface area contributed by atoms with E-state index in [2.05, 4.69) is 5.32 Å². The molecule has 1 aromatic heterocycles. The first-order valence-electron chi connectivity index (χ1n) is 9.17. The fourth-order valence-corrected chi connectivity index (χ4v) is 5.63. The van der Waals surface area contributed by atoms with E-state index in [1.807, 2.05) is 6.07 Å². The van der Waals surface area contributed by atoms with E-state index in [9.17, 15) is 13.2 Å². The fourth-order valence-electron chi connectivity index (χ4n) is 3.40. The Morgan fingerprint density at radius 2 is 1.90 bits per heavy atom. The van der Waals surface area contributed by atoms with Crippen molar-refractivity contribution in [2.24, 2.45) is 5.92 Å². The Labute approximate surface area is 172 Å². The first-order chi connectivity index (χ1) is 14.0. The van der Waals surface area contributed by atoms with Gasteiger partial charge < -0.3 is 14.8 Å². The van der Waals surface area contributed by atoms with Crippen molar-refractivity contribution in [3.05, 3.63) is 35.2 Å². The van der Waals surface area contributed by atoms with Crippen molar-refractivity contribution < 1.29 is 22.7 Å². The van der Waals surface area contributed by atoms with Crippen LogP contribution in [-0.4, -0.2) is 44.9 Å². The van der Waals surface area contributed by atoms with Crippen LogP contribution in [0.4, 0.5) is 5.00 Å². The maximum absolute atomic E-state index is 13.0. The summed E-state index contributed by atoms with van der Waals surface area (Å²) in [5.41, 5.74) is 0.432. The molecule has 0 spiro atoms. The van der Waals surface area contributed by atoms with Crippen LogP contribution < -0.4 is 14.8 Å². The van der Waals surface area contributed by atoms with Gasteiger partial charge in [0.15, 0.2) is 11.5 Å². The van der Waals surface area contributed by atoms with Gasteiger partial charge in [-0.2, -0.15) is 9.57 Å². The van der Waals surface area contributed by atoms with Crippen molar-refractivity contribution in [1.29, 1.82) is 5.26 Å². The van der Waals surface area contributed by atoms with E-state index in [4.69, 9.17) is 14.7 Å². The van der Waals surface area contributed by atoms with E-state index in [1.165, 1.54) is 27.8 Å². The molecule has 4 rings (SSSR count). The number of ether oxygens (including phenoxy) is 2. The zero-order chi connectivity index (χ0) is 20.4. The lowest BCUT2D eigenvalue weighted by molar-refractivity contribution is -0.120. The number of fused-ring (bicyclic) bond motifs is 1. The predicted octanol–water partition coefficient (Wildman–Crippen LogP) is 2.43. The third-order valence-corrected chi connectivity index (χ3v) is 7.72. The Bertz CT molecular complexity index is 1070. The number of hydrogen-bond acceptors (Lipinski definition) is 7.